The molecule has 1 aromatic heterocycles. The Morgan fingerprint density at radius 1 is 1.38 bits per heavy atom. The van der Waals surface area contributed by atoms with Crippen molar-refractivity contribution >= 4 is 18.3 Å². The SMILES string of the molecule is Cc1nn(CC(C)C)c(C)c1CCC(=O)NCCCN.Cl. The minimum atomic E-state index is 0. The van der Waals surface area contributed by atoms with Crippen LogP contribution < -0.4 is 11.1 Å². The predicted octanol–water partition coefficient (Wildman–Crippen LogP) is 1.98. The van der Waals surface area contributed by atoms with Gasteiger partial charge in [-0.05, 0) is 44.7 Å². The molecule has 0 bridgehead atoms. The van der Waals surface area contributed by atoms with E-state index in [1.165, 1.54) is 11.3 Å². The smallest absolute Gasteiger partial charge is 0.220 e. The van der Waals surface area contributed by atoms with Crippen LogP contribution in [0, 0.1) is 19.8 Å². The van der Waals surface area contributed by atoms with Crippen LogP contribution in [-0.2, 0) is 17.8 Å². The first-order chi connectivity index (χ1) is 9.45. The quantitative estimate of drug-likeness (QED) is 0.720. The predicted molar refractivity (Wildman–Crippen MR) is 88.8 cm³/mol. The Morgan fingerprint density at radius 2 is 2.05 bits per heavy atom. The van der Waals surface area contributed by atoms with E-state index in [0.717, 1.165) is 25.1 Å². The third kappa shape index (κ3) is 6.48. The normalized spacial score (nSPS) is 10.6. The molecule has 0 aromatic carbocycles. The highest BCUT2D eigenvalue weighted by Gasteiger charge is 2.13. The summed E-state index contributed by atoms with van der Waals surface area (Å²) >= 11 is 0. The summed E-state index contributed by atoms with van der Waals surface area (Å²) in [4.78, 5) is 11.7. The number of aryl methyl sites for hydroxylation is 1. The zero-order chi connectivity index (χ0) is 15.1. The molecule has 1 amide bonds. The summed E-state index contributed by atoms with van der Waals surface area (Å²) in [6, 6.07) is 0. The van der Waals surface area contributed by atoms with E-state index in [4.69, 9.17) is 5.73 Å². The number of nitrogens with two attached hydrogens (primary N) is 1. The molecule has 1 aromatic rings. The van der Waals surface area contributed by atoms with Crippen molar-refractivity contribution in [1.29, 1.82) is 0 Å². The number of nitrogens with one attached hydrogen (secondary N) is 1. The molecular formula is C15H29ClN4O. The van der Waals surface area contributed by atoms with Gasteiger partial charge in [-0.2, -0.15) is 5.10 Å². The number of hydrogen-bond acceptors (Lipinski definition) is 3. The van der Waals surface area contributed by atoms with E-state index < -0.39 is 0 Å². The molecule has 3 N–H and O–H groups in total. The van der Waals surface area contributed by atoms with Crippen molar-refractivity contribution in [2.24, 2.45) is 11.7 Å². The Hall–Kier alpha value is -1.07. The third-order valence-electron chi connectivity index (χ3n) is 3.37. The minimum Gasteiger partial charge on any atom is -0.356 e. The molecule has 0 unspecified atom stereocenters. The maximum Gasteiger partial charge on any atom is 0.220 e. The van der Waals surface area contributed by atoms with E-state index in [-0.39, 0.29) is 18.3 Å². The fourth-order valence-corrected chi connectivity index (χ4v) is 2.28. The molecule has 1 heterocycles. The molecule has 0 spiro atoms. The van der Waals surface area contributed by atoms with Crippen molar-refractivity contribution in [2.45, 2.75) is 53.5 Å². The fourth-order valence-electron chi connectivity index (χ4n) is 2.28. The molecule has 21 heavy (non-hydrogen) atoms. The summed E-state index contributed by atoms with van der Waals surface area (Å²) in [6.45, 7) is 10.7. The van der Waals surface area contributed by atoms with Gasteiger partial charge in [-0.15, -0.1) is 12.4 Å². The lowest BCUT2D eigenvalue weighted by molar-refractivity contribution is -0.121. The summed E-state index contributed by atoms with van der Waals surface area (Å²) in [5.74, 6) is 0.661. The Bertz CT molecular complexity index is 443. The lowest BCUT2D eigenvalue weighted by Gasteiger charge is -2.08. The number of nitrogens with zero attached hydrogens (tertiary/aromatic N) is 2. The molecule has 122 valence electrons. The molecule has 0 aliphatic heterocycles. The van der Waals surface area contributed by atoms with Crippen molar-refractivity contribution in [2.75, 3.05) is 13.1 Å². The molecule has 5 nitrogen and oxygen atoms in total. The second-order valence-corrected chi connectivity index (χ2v) is 5.72. The van der Waals surface area contributed by atoms with E-state index in [2.05, 4.69) is 35.9 Å². The van der Waals surface area contributed by atoms with Crippen molar-refractivity contribution in [3.05, 3.63) is 17.0 Å². The van der Waals surface area contributed by atoms with E-state index in [9.17, 15) is 4.79 Å². The first kappa shape index (κ1) is 19.9. The topological polar surface area (TPSA) is 72.9 Å². The highest BCUT2D eigenvalue weighted by atomic mass is 35.5. The average molecular weight is 317 g/mol. The molecule has 1 rings (SSSR count). The van der Waals surface area contributed by atoms with Crippen LogP contribution >= 0.6 is 12.4 Å². The van der Waals surface area contributed by atoms with Gasteiger partial charge < -0.3 is 11.1 Å². The fraction of sp³-hybridized carbons (Fsp3) is 0.733. The monoisotopic (exact) mass is 316 g/mol. The van der Waals surface area contributed by atoms with Crippen LogP contribution in [0.5, 0.6) is 0 Å². The molecular weight excluding hydrogens is 288 g/mol. The number of carbonyl (C=O) groups excluding carboxylic acids is 1. The van der Waals surface area contributed by atoms with Crippen LogP contribution in [-0.4, -0.2) is 28.8 Å². The van der Waals surface area contributed by atoms with Gasteiger partial charge in [0.1, 0.15) is 0 Å². The van der Waals surface area contributed by atoms with Gasteiger partial charge in [-0.3, -0.25) is 9.48 Å². The van der Waals surface area contributed by atoms with E-state index >= 15 is 0 Å². The van der Waals surface area contributed by atoms with Gasteiger partial charge in [0.15, 0.2) is 0 Å². The van der Waals surface area contributed by atoms with Crippen LogP contribution in [0.1, 0.15) is 43.6 Å². The molecule has 0 saturated heterocycles. The van der Waals surface area contributed by atoms with Crippen molar-refractivity contribution < 1.29 is 4.79 Å². The van der Waals surface area contributed by atoms with E-state index in [1.54, 1.807) is 0 Å². The lowest BCUT2D eigenvalue weighted by atomic mass is 10.1. The Kier molecular flexibility index (Phi) is 9.29. The standard InChI is InChI=1S/C15H28N4O.ClH/c1-11(2)10-19-13(4)14(12(3)18-19)6-7-15(20)17-9-5-8-16;/h11H,5-10,16H2,1-4H3,(H,17,20);1H. The molecule has 6 heteroatoms. The third-order valence-corrected chi connectivity index (χ3v) is 3.37. The van der Waals surface area contributed by atoms with Gasteiger partial charge in [0.05, 0.1) is 5.69 Å². The number of halogens is 1. The number of aromatic nitrogens is 2. The number of rotatable bonds is 8. The van der Waals surface area contributed by atoms with Crippen LogP contribution in [0.2, 0.25) is 0 Å². The highest BCUT2D eigenvalue weighted by molar-refractivity contribution is 5.85. The van der Waals surface area contributed by atoms with E-state index in [1.807, 2.05) is 6.92 Å². The van der Waals surface area contributed by atoms with Crippen LogP contribution in [0.4, 0.5) is 0 Å². The zero-order valence-electron chi connectivity index (χ0n) is 13.6. The van der Waals surface area contributed by atoms with Crippen LogP contribution in [0.25, 0.3) is 0 Å². The van der Waals surface area contributed by atoms with Gasteiger partial charge in [0, 0.05) is 25.2 Å². The Balaban J connectivity index is 0.00000400. The molecule has 0 radical (unpaired) electrons. The van der Waals surface area contributed by atoms with Crippen LogP contribution in [0.15, 0.2) is 0 Å². The van der Waals surface area contributed by atoms with Crippen LogP contribution in [0.3, 0.4) is 0 Å². The largest absolute Gasteiger partial charge is 0.356 e. The molecule has 0 aliphatic rings. The molecule has 0 aliphatic carbocycles. The highest BCUT2D eigenvalue weighted by Crippen LogP contribution is 2.16. The number of amides is 1. The summed E-state index contributed by atoms with van der Waals surface area (Å²) < 4.78 is 2.06. The van der Waals surface area contributed by atoms with E-state index in [0.29, 0.717) is 25.4 Å². The van der Waals surface area contributed by atoms with Gasteiger partial charge in [0.2, 0.25) is 5.91 Å². The second kappa shape index (κ2) is 9.79. The molecule has 0 saturated carbocycles. The first-order valence-corrected chi connectivity index (χ1v) is 7.45. The first-order valence-electron chi connectivity index (χ1n) is 7.45. The Labute approximate surface area is 134 Å². The van der Waals surface area contributed by atoms with Gasteiger partial charge in [-0.25, -0.2) is 0 Å². The summed E-state index contributed by atoms with van der Waals surface area (Å²) in [5.41, 5.74) is 8.83. The summed E-state index contributed by atoms with van der Waals surface area (Å²) in [7, 11) is 0. The number of hydrogen-bond donors (Lipinski definition) is 2. The Morgan fingerprint density at radius 3 is 2.62 bits per heavy atom. The maximum absolute atomic E-state index is 11.7. The maximum atomic E-state index is 11.7. The average Bonchev–Trinajstić information content (AvgIpc) is 2.62. The minimum absolute atomic E-state index is 0. The second-order valence-electron chi connectivity index (χ2n) is 5.72. The lowest BCUT2D eigenvalue weighted by Crippen LogP contribution is -2.26. The molecule has 0 fully saturated rings. The van der Waals surface area contributed by atoms with Gasteiger partial charge >= 0.3 is 0 Å². The zero-order valence-corrected chi connectivity index (χ0v) is 14.4. The van der Waals surface area contributed by atoms with Gasteiger partial charge in [-0.1, -0.05) is 13.8 Å². The van der Waals surface area contributed by atoms with Gasteiger partial charge in [0.25, 0.3) is 0 Å². The summed E-state index contributed by atoms with van der Waals surface area (Å²) in [5, 5.41) is 7.46. The van der Waals surface area contributed by atoms with Crippen molar-refractivity contribution in [3.8, 4) is 0 Å². The number of carbonyl (C=O) groups is 1. The molecule has 0 atom stereocenters. The summed E-state index contributed by atoms with van der Waals surface area (Å²) in [6.07, 6.45) is 2.10. The van der Waals surface area contributed by atoms with Crippen molar-refractivity contribution in [1.82, 2.24) is 15.1 Å². The van der Waals surface area contributed by atoms with Crippen molar-refractivity contribution in [3.63, 3.8) is 0 Å².